The highest BCUT2D eigenvalue weighted by atomic mass is 32.2. The highest BCUT2D eigenvalue weighted by Gasteiger charge is 2.31. The first-order chi connectivity index (χ1) is 5.05. The highest BCUT2D eigenvalue weighted by molar-refractivity contribution is 7.91. The molecule has 1 rings (SSSR count). The van der Waals surface area contributed by atoms with Gasteiger partial charge in [-0.1, -0.05) is 0 Å². The van der Waals surface area contributed by atoms with E-state index in [-0.39, 0.29) is 23.3 Å². The second-order valence-electron chi connectivity index (χ2n) is 3.08. The number of sulfone groups is 1. The first-order valence-electron chi connectivity index (χ1n) is 3.65. The second kappa shape index (κ2) is 2.82. The average Bonchev–Trinajstić information content (AvgIpc) is 2.29. The lowest BCUT2D eigenvalue weighted by Crippen LogP contribution is -2.11. The molecule has 0 aromatic rings. The van der Waals surface area contributed by atoms with Crippen LogP contribution in [0, 0.1) is 23.2 Å². The molecule has 1 fully saturated rings. The molecule has 3 nitrogen and oxygen atoms in total. The van der Waals surface area contributed by atoms with Gasteiger partial charge in [0.15, 0.2) is 9.84 Å². The molecule has 1 saturated heterocycles. The molecule has 4 heteroatoms. The predicted octanol–water partition coefficient (Wildman–Crippen LogP) is 0.581. The van der Waals surface area contributed by atoms with Gasteiger partial charge in [0.1, 0.15) is 0 Å². The summed E-state index contributed by atoms with van der Waals surface area (Å²) in [6.45, 7) is 1.78. The fraction of sp³-hybridized carbons (Fsp3) is 0.857. The first kappa shape index (κ1) is 8.54. The lowest BCUT2D eigenvalue weighted by Gasteiger charge is -2.07. The fourth-order valence-electron chi connectivity index (χ4n) is 1.32. The Morgan fingerprint density at radius 2 is 2.27 bits per heavy atom. The van der Waals surface area contributed by atoms with Gasteiger partial charge in [-0.3, -0.25) is 0 Å². The molecule has 0 N–H and O–H groups in total. The van der Waals surface area contributed by atoms with Crippen molar-refractivity contribution in [3.63, 3.8) is 0 Å². The Morgan fingerprint density at radius 3 is 2.64 bits per heavy atom. The Hall–Kier alpha value is -0.560. The van der Waals surface area contributed by atoms with E-state index in [2.05, 4.69) is 6.07 Å². The van der Waals surface area contributed by atoms with Crippen LogP contribution in [0.5, 0.6) is 0 Å². The van der Waals surface area contributed by atoms with E-state index in [1.54, 1.807) is 6.92 Å². The Bertz CT molecular complexity index is 275. The summed E-state index contributed by atoms with van der Waals surface area (Å²) in [5.41, 5.74) is 0. The maximum atomic E-state index is 11.0. The summed E-state index contributed by atoms with van der Waals surface area (Å²) in [5, 5.41) is 8.52. The quantitative estimate of drug-likeness (QED) is 0.582. The summed E-state index contributed by atoms with van der Waals surface area (Å²) < 4.78 is 21.9. The summed E-state index contributed by atoms with van der Waals surface area (Å²) in [4.78, 5) is 0. The third kappa shape index (κ3) is 1.93. The van der Waals surface area contributed by atoms with Crippen molar-refractivity contribution in [3.05, 3.63) is 0 Å². The number of nitriles is 1. The van der Waals surface area contributed by atoms with Crippen LogP contribution >= 0.6 is 0 Å². The molecule has 0 aliphatic carbocycles. The lowest BCUT2D eigenvalue weighted by molar-refractivity contribution is 0.479. The van der Waals surface area contributed by atoms with Gasteiger partial charge >= 0.3 is 0 Å². The molecule has 0 bridgehead atoms. The molecule has 0 aromatic carbocycles. The van der Waals surface area contributed by atoms with Crippen molar-refractivity contribution in [2.45, 2.75) is 13.3 Å². The standard InChI is InChI=1S/C7H11NO2S/c1-6(4-8)7-2-3-11(9,10)5-7/h6-7H,2-3,5H2,1H3. The summed E-state index contributed by atoms with van der Waals surface area (Å²) in [6.07, 6.45) is 0.664. The molecule has 1 heterocycles. The highest BCUT2D eigenvalue weighted by Crippen LogP contribution is 2.24. The van der Waals surface area contributed by atoms with E-state index < -0.39 is 9.84 Å². The van der Waals surface area contributed by atoms with Crippen LogP contribution in [0.4, 0.5) is 0 Å². The Morgan fingerprint density at radius 1 is 1.64 bits per heavy atom. The van der Waals surface area contributed by atoms with Crippen molar-refractivity contribution in [2.24, 2.45) is 11.8 Å². The third-order valence-electron chi connectivity index (χ3n) is 2.18. The van der Waals surface area contributed by atoms with Gasteiger partial charge in [0.2, 0.25) is 0 Å². The molecule has 0 aromatic heterocycles. The molecule has 0 saturated carbocycles. The van der Waals surface area contributed by atoms with E-state index in [1.807, 2.05) is 0 Å². The van der Waals surface area contributed by atoms with Gasteiger partial charge in [0.05, 0.1) is 17.6 Å². The van der Waals surface area contributed by atoms with E-state index in [1.165, 1.54) is 0 Å². The number of hydrogen-bond acceptors (Lipinski definition) is 3. The minimum Gasteiger partial charge on any atom is -0.229 e. The van der Waals surface area contributed by atoms with Crippen molar-refractivity contribution in [3.8, 4) is 6.07 Å². The van der Waals surface area contributed by atoms with E-state index >= 15 is 0 Å². The predicted molar refractivity (Wildman–Crippen MR) is 41.5 cm³/mol. The SMILES string of the molecule is CC(C#N)C1CCS(=O)(=O)C1. The second-order valence-corrected chi connectivity index (χ2v) is 5.31. The molecule has 0 radical (unpaired) electrons. The van der Waals surface area contributed by atoms with Crippen molar-refractivity contribution >= 4 is 9.84 Å². The van der Waals surface area contributed by atoms with E-state index in [0.29, 0.717) is 6.42 Å². The largest absolute Gasteiger partial charge is 0.229 e. The number of rotatable bonds is 1. The van der Waals surface area contributed by atoms with Crippen molar-refractivity contribution in [1.82, 2.24) is 0 Å². The molecule has 2 unspecified atom stereocenters. The van der Waals surface area contributed by atoms with Crippen LogP contribution in [0.1, 0.15) is 13.3 Å². The summed E-state index contributed by atoms with van der Waals surface area (Å²) in [7, 11) is -2.80. The van der Waals surface area contributed by atoms with Crippen molar-refractivity contribution < 1.29 is 8.42 Å². The molecular formula is C7H11NO2S. The van der Waals surface area contributed by atoms with Gasteiger partial charge in [-0.05, 0) is 19.3 Å². The van der Waals surface area contributed by atoms with Crippen LogP contribution in [0.2, 0.25) is 0 Å². The van der Waals surface area contributed by atoms with Gasteiger partial charge in [0, 0.05) is 5.92 Å². The van der Waals surface area contributed by atoms with Crippen LogP contribution in [-0.4, -0.2) is 19.9 Å². The zero-order valence-corrected chi connectivity index (χ0v) is 7.26. The van der Waals surface area contributed by atoms with Gasteiger partial charge in [-0.15, -0.1) is 0 Å². The Balaban J connectivity index is 2.64. The van der Waals surface area contributed by atoms with Crippen LogP contribution in [0.25, 0.3) is 0 Å². The van der Waals surface area contributed by atoms with Gasteiger partial charge in [0.25, 0.3) is 0 Å². The number of hydrogen-bond donors (Lipinski definition) is 0. The van der Waals surface area contributed by atoms with Crippen molar-refractivity contribution in [1.29, 1.82) is 5.26 Å². The van der Waals surface area contributed by atoms with E-state index in [4.69, 9.17) is 5.26 Å². The molecule has 11 heavy (non-hydrogen) atoms. The number of nitrogens with zero attached hydrogens (tertiary/aromatic N) is 1. The van der Waals surface area contributed by atoms with Gasteiger partial charge in [-0.25, -0.2) is 8.42 Å². The van der Waals surface area contributed by atoms with Crippen LogP contribution < -0.4 is 0 Å². The van der Waals surface area contributed by atoms with Crippen LogP contribution in [-0.2, 0) is 9.84 Å². The maximum absolute atomic E-state index is 11.0. The molecular weight excluding hydrogens is 162 g/mol. The smallest absolute Gasteiger partial charge is 0.150 e. The molecule has 1 aliphatic rings. The lowest BCUT2D eigenvalue weighted by atomic mass is 9.95. The minimum absolute atomic E-state index is 0.0741. The van der Waals surface area contributed by atoms with Gasteiger partial charge in [-0.2, -0.15) is 5.26 Å². The Kier molecular flexibility index (Phi) is 2.19. The van der Waals surface area contributed by atoms with E-state index in [9.17, 15) is 8.42 Å². The fourth-order valence-corrected chi connectivity index (χ4v) is 3.26. The normalized spacial score (nSPS) is 31.1. The first-order valence-corrected chi connectivity index (χ1v) is 5.47. The Labute approximate surface area is 66.9 Å². The molecule has 0 amide bonds. The zero-order valence-electron chi connectivity index (χ0n) is 6.45. The zero-order chi connectivity index (χ0) is 8.48. The van der Waals surface area contributed by atoms with Crippen molar-refractivity contribution in [2.75, 3.05) is 11.5 Å². The van der Waals surface area contributed by atoms with E-state index in [0.717, 1.165) is 0 Å². The topological polar surface area (TPSA) is 57.9 Å². The maximum Gasteiger partial charge on any atom is 0.150 e. The molecule has 1 aliphatic heterocycles. The average molecular weight is 173 g/mol. The summed E-state index contributed by atoms with van der Waals surface area (Å²) in [6, 6.07) is 2.08. The molecule has 62 valence electrons. The monoisotopic (exact) mass is 173 g/mol. The molecule has 2 atom stereocenters. The summed E-state index contributed by atoms with van der Waals surface area (Å²) >= 11 is 0. The minimum atomic E-state index is -2.80. The van der Waals surface area contributed by atoms with Crippen LogP contribution in [0.15, 0.2) is 0 Å². The molecule has 0 spiro atoms. The summed E-state index contributed by atoms with van der Waals surface area (Å²) in [5.74, 6) is 0.433. The van der Waals surface area contributed by atoms with Gasteiger partial charge < -0.3 is 0 Å². The van der Waals surface area contributed by atoms with Crippen LogP contribution in [0.3, 0.4) is 0 Å². The third-order valence-corrected chi connectivity index (χ3v) is 3.97.